The molecule has 0 aromatic heterocycles. The quantitative estimate of drug-likeness (QED) is 0.0463. The molecule has 0 amide bonds. The minimum absolute atomic E-state index is 0.168. The van der Waals surface area contributed by atoms with E-state index in [1.165, 1.54) is 128 Å². The molecule has 10 heteroatoms. The molecule has 0 bridgehead atoms. The average Bonchev–Trinajstić information content (AvgIpc) is 2.88. The first-order valence-electron chi connectivity index (χ1n) is 16.5. The topological polar surface area (TPSA) is 134 Å². The van der Waals surface area contributed by atoms with Crippen LogP contribution < -0.4 is 0 Å². The molecule has 0 aliphatic rings. The van der Waals surface area contributed by atoms with Gasteiger partial charge in [-0.25, -0.2) is 9.13 Å². The summed E-state index contributed by atoms with van der Waals surface area (Å²) in [6.07, 6.45) is 32.7. The van der Waals surface area contributed by atoms with Crippen LogP contribution in [0.2, 0.25) is 0 Å². The largest absolute Gasteiger partial charge is 0.469 e. The van der Waals surface area contributed by atoms with Crippen LogP contribution in [0, 0.1) is 0 Å². The van der Waals surface area contributed by atoms with Gasteiger partial charge in [0.25, 0.3) is 0 Å². The number of phosphoric acid groups is 2. The highest BCUT2D eigenvalue weighted by molar-refractivity contribution is 7.46. The van der Waals surface area contributed by atoms with Crippen LogP contribution in [0.4, 0.5) is 0 Å². The van der Waals surface area contributed by atoms with Crippen LogP contribution in [0.25, 0.3) is 0 Å². The molecule has 0 fully saturated rings. The lowest BCUT2D eigenvalue weighted by Crippen LogP contribution is -1.92. The van der Waals surface area contributed by atoms with E-state index in [0.29, 0.717) is 0 Å². The molecule has 0 unspecified atom stereocenters. The fourth-order valence-corrected chi connectivity index (χ4v) is 5.34. The lowest BCUT2D eigenvalue weighted by Gasteiger charge is -2.05. The Labute approximate surface area is 247 Å². The summed E-state index contributed by atoms with van der Waals surface area (Å²) in [4.78, 5) is 34.0. The van der Waals surface area contributed by atoms with Crippen LogP contribution in [-0.2, 0) is 18.2 Å². The van der Waals surface area contributed by atoms with Crippen LogP contribution in [0.1, 0.15) is 181 Å². The van der Waals surface area contributed by atoms with Gasteiger partial charge < -0.3 is 19.6 Å². The molecule has 0 aliphatic carbocycles. The maximum atomic E-state index is 10.4. The summed E-state index contributed by atoms with van der Waals surface area (Å²) >= 11 is 0. The second-order valence-corrected chi connectivity index (χ2v) is 13.6. The Hall–Kier alpha value is 0.220. The molecular weight excluding hydrogens is 550 g/mol. The van der Waals surface area contributed by atoms with Crippen molar-refractivity contribution in [2.75, 3.05) is 13.2 Å². The van der Waals surface area contributed by atoms with Crippen molar-refractivity contribution >= 4 is 15.6 Å². The third-order valence-electron chi connectivity index (χ3n) is 7.01. The Kier molecular flexibility index (Phi) is 34.0. The van der Waals surface area contributed by atoms with Crippen molar-refractivity contribution in [2.45, 2.75) is 181 Å². The van der Waals surface area contributed by atoms with Crippen LogP contribution in [0.5, 0.6) is 0 Å². The van der Waals surface area contributed by atoms with Crippen molar-refractivity contribution in [1.82, 2.24) is 0 Å². The summed E-state index contributed by atoms with van der Waals surface area (Å²) in [5.41, 5.74) is 0. The Morgan fingerprint density at radius 3 is 0.700 bits per heavy atom. The second kappa shape index (κ2) is 32.1. The molecule has 0 atom stereocenters. The van der Waals surface area contributed by atoms with E-state index >= 15 is 0 Å². The highest BCUT2D eigenvalue weighted by atomic mass is 31.2. The van der Waals surface area contributed by atoms with Gasteiger partial charge in [0.2, 0.25) is 0 Å². The van der Waals surface area contributed by atoms with Crippen molar-refractivity contribution in [2.24, 2.45) is 0 Å². The number of phosphoric ester groups is 2. The molecule has 0 rings (SSSR count). The molecule has 40 heavy (non-hydrogen) atoms. The molecule has 8 nitrogen and oxygen atoms in total. The summed E-state index contributed by atoms with van der Waals surface area (Å²) in [5.74, 6) is 0. The first-order chi connectivity index (χ1) is 19.1. The predicted octanol–water partition coefficient (Wildman–Crippen LogP) is 10.4. The monoisotopic (exact) mass is 616 g/mol. The third-order valence-corrected chi connectivity index (χ3v) is 8.05. The Morgan fingerprint density at radius 1 is 0.350 bits per heavy atom. The van der Waals surface area contributed by atoms with Gasteiger partial charge in [0.05, 0.1) is 13.2 Å². The number of hydrogen-bond donors (Lipinski definition) is 4. The van der Waals surface area contributed by atoms with E-state index in [2.05, 4.69) is 22.9 Å². The zero-order valence-electron chi connectivity index (χ0n) is 26.1. The number of rotatable bonds is 30. The molecule has 0 aliphatic heterocycles. The normalized spacial score (nSPS) is 11.9. The molecule has 244 valence electrons. The van der Waals surface area contributed by atoms with E-state index < -0.39 is 15.6 Å². The molecule has 0 aromatic rings. The minimum atomic E-state index is -4.25. The lowest BCUT2D eigenvalue weighted by molar-refractivity contribution is 0.191. The third kappa shape index (κ3) is 45.2. The van der Waals surface area contributed by atoms with Gasteiger partial charge in [-0.05, 0) is 12.8 Å². The van der Waals surface area contributed by atoms with Crippen LogP contribution in [0.15, 0.2) is 0 Å². The summed E-state index contributed by atoms with van der Waals surface area (Å²) in [6, 6.07) is 0. The van der Waals surface area contributed by atoms with Gasteiger partial charge >= 0.3 is 15.6 Å². The van der Waals surface area contributed by atoms with Crippen LogP contribution >= 0.6 is 15.6 Å². The average molecular weight is 617 g/mol. The highest BCUT2D eigenvalue weighted by Gasteiger charge is 2.12. The first-order valence-corrected chi connectivity index (χ1v) is 19.6. The van der Waals surface area contributed by atoms with Crippen molar-refractivity contribution in [3.63, 3.8) is 0 Å². The van der Waals surface area contributed by atoms with Crippen molar-refractivity contribution in [3.05, 3.63) is 0 Å². The van der Waals surface area contributed by atoms with E-state index in [9.17, 15) is 9.13 Å². The molecule has 0 saturated heterocycles. The molecule has 0 aromatic carbocycles. The van der Waals surface area contributed by atoms with Crippen molar-refractivity contribution in [3.8, 4) is 0 Å². The summed E-state index contributed by atoms with van der Waals surface area (Å²) in [5, 5.41) is 0. The smallest absolute Gasteiger partial charge is 0.303 e. The van der Waals surface area contributed by atoms with Crippen molar-refractivity contribution < 1.29 is 37.8 Å². The van der Waals surface area contributed by atoms with Gasteiger partial charge in [0, 0.05) is 0 Å². The van der Waals surface area contributed by atoms with E-state index in [4.69, 9.17) is 19.6 Å². The van der Waals surface area contributed by atoms with E-state index in [1.807, 2.05) is 0 Å². The molecule has 0 spiro atoms. The summed E-state index contributed by atoms with van der Waals surface area (Å²) in [6.45, 7) is 4.83. The fourth-order valence-electron chi connectivity index (χ4n) is 4.61. The molecule has 0 saturated carbocycles. The Morgan fingerprint density at radius 2 is 0.525 bits per heavy atom. The molecule has 0 heterocycles. The van der Waals surface area contributed by atoms with E-state index in [0.717, 1.165) is 38.5 Å². The zero-order chi connectivity index (χ0) is 30.2. The highest BCUT2D eigenvalue weighted by Crippen LogP contribution is 2.36. The molecule has 4 N–H and O–H groups in total. The van der Waals surface area contributed by atoms with Gasteiger partial charge in [-0.1, -0.05) is 168 Å². The first kappa shape index (κ1) is 42.4. The Bertz CT molecular complexity index is 580. The number of unbranched alkanes of at least 4 members (excludes halogenated alkanes) is 24. The number of hydrogen-bond acceptors (Lipinski definition) is 4. The van der Waals surface area contributed by atoms with Gasteiger partial charge in [0.15, 0.2) is 0 Å². The Balaban J connectivity index is 0. The second-order valence-electron chi connectivity index (χ2n) is 11.1. The maximum Gasteiger partial charge on any atom is 0.469 e. The minimum Gasteiger partial charge on any atom is -0.303 e. The van der Waals surface area contributed by atoms with Crippen molar-refractivity contribution in [1.29, 1.82) is 0 Å². The molecule has 0 radical (unpaired) electrons. The maximum absolute atomic E-state index is 10.4. The van der Waals surface area contributed by atoms with Gasteiger partial charge in [-0.2, -0.15) is 0 Å². The lowest BCUT2D eigenvalue weighted by atomic mass is 10.0. The van der Waals surface area contributed by atoms with Crippen LogP contribution in [-0.4, -0.2) is 32.8 Å². The van der Waals surface area contributed by atoms with E-state index in [1.54, 1.807) is 0 Å². The van der Waals surface area contributed by atoms with E-state index in [-0.39, 0.29) is 13.2 Å². The van der Waals surface area contributed by atoms with Gasteiger partial charge in [0.1, 0.15) is 0 Å². The summed E-state index contributed by atoms with van der Waals surface area (Å²) in [7, 11) is -8.50. The standard InChI is InChI=1S/C16H35O4P.C14H31O4P/c1-2-3-4-5-6-7-8-9-10-11-12-13-14-15-16-20-21(17,18)19;1-2-3-4-5-6-7-8-9-10-11-12-13-14-18-19(15,16)17/h2-16H2,1H3,(H2,17,18,19);2-14H2,1H3,(H2,15,16,17). The SMILES string of the molecule is CCCCCCCCCCCCCCCCOP(=O)(O)O.CCCCCCCCCCCCCCOP(=O)(O)O. The summed E-state index contributed by atoms with van der Waals surface area (Å²) < 4.78 is 29.6. The van der Waals surface area contributed by atoms with Crippen LogP contribution in [0.3, 0.4) is 0 Å². The fraction of sp³-hybridized carbons (Fsp3) is 1.00. The zero-order valence-corrected chi connectivity index (χ0v) is 27.9. The predicted molar refractivity (Wildman–Crippen MR) is 167 cm³/mol. The molecular formula is C30H66O8P2. The van der Waals surface area contributed by atoms with Gasteiger partial charge in [-0.15, -0.1) is 0 Å². The van der Waals surface area contributed by atoms with Gasteiger partial charge in [-0.3, -0.25) is 9.05 Å².